The van der Waals surface area contributed by atoms with Gasteiger partial charge in [-0.15, -0.1) is 37.1 Å². The maximum Gasteiger partial charge on any atom is 0.573 e. The summed E-state index contributed by atoms with van der Waals surface area (Å²) in [6.45, 7) is 0.392. The predicted molar refractivity (Wildman–Crippen MR) is 116 cm³/mol. The summed E-state index contributed by atoms with van der Waals surface area (Å²) in [7, 11) is 3.89. The van der Waals surface area contributed by atoms with E-state index in [0.29, 0.717) is 6.54 Å². The van der Waals surface area contributed by atoms with Crippen LogP contribution in [0.3, 0.4) is 0 Å². The van der Waals surface area contributed by atoms with Gasteiger partial charge in [0.25, 0.3) is 0 Å². The van der Waals surface area contributed by atoms with Crippen molar-refractivity contribution in [3.05, 3.63) is 60.2 Å². The SMILES string of the molecule is CN(C)C(CN=C(N)Nc1ccccc1OC(F)(F)F)Cc1ccccc1.I. The first kappa shape index (κ1) is 24.0. The molecule has 0 saturated carbocycles. The van der Waals surface area contributed by atoms with Gasteiger partial charge in [0.05, 0.1) is 12.2 Å². The topological polar surface area (TPSA) is 62.9 Å². The molecule has 0 aliphatic carbocycles. The van der Waals surface area contributed by atoms with Gasteiger partial charge >= 0.3 is 6.36 Å². The minimum absolute atomic E-state index is 0. The monoisotopic (exact) mass is 508 g/mol. The van der Waals surface area contributed by atoms with Crippen molar-refractivity contribution < 1.29 is 17.9 Å². The average Bonchev–Trinajstić information content (AvgIpc) is 2.59. The Balaban J connectivity index is 0.00000392. The summed E-state index contributed by atoms with van der Waals surface area (Å²) in [4.78, 5) is 6.31. The minimum Gasteiger partial charge on any atom is -0.404 e. The Morgan fingerprint density at radius 1 is 1.11 bits per heavy atom. The average molecular weight is 508 g/mol. The molecule has 0 saturated heterocycles. The van der Waals surface area contributed by atoms with E-state index in [1.165, 1.54) is 23.8 Å². The Hall–Kier alpha value is -2.01. The summed E-state index contributed by atoms with van der Waals surface area (Å²) in [5, 5.41) is 2.68. The number of nitrogens with one attached hydrogen (secondary N) is 1. The molecule has 2 rings (SSSR count). The van der Waals surface area contributed by atoms with Crippen LogP contribution < -0.4 is 15.8 Å². The molecule has 0 fully saturated rings. The third-order valence-electron chi connectivity index (χ3n) is 3.89. The number of rotatable bonds is 7. The van der Waals surface area contributed by atoms with Crippen molar-refractivity contribution in [1.82, 2.24) is 4.90 Å². The Kier molecular flexibility index (Phi) is 9.53. The fourth-order valence-corrected chi connectivity index (χ4v) is 2.46. The quantitative estimate of drug-likeness (QED) is 0.336. The number of nitrogens with zero attached hydrogens (tertiary/aromatic N) is 2. The van der Waals surface area contributed by atoms with Crippen LogP contribution in [0.15, 0.2) is 59.6 Å². The zero-order chi connectivity index (χ0) is 19.9. The van der Waals surface area contributed by atoms with E-state index in [0.717, 1.165) is 6.42 Å². The number of para-hydroxylation sites is 2. The molecule has 3 N–H and O–H groups in total. The van der Waals surface area contributed by atoms with Crippen molar-refractivity contribution in [2.24, 2.45) is 10.7 Å². The molecule has 5 nitrogen and oxygen atoms in total. The van der Waals surface area contributed by atoms with E-state index >= 15 is 0 Å². The van der Waals surface area contributed by atoms with Crippen LogP contribution >= 0.6 is 24.0 Å². The fourth-order valence-electron chi connectivity index (χ4n) is 2.46. The highest BCUT2D eigenvalue weighted by molar-refractivity contribution is 14.0. The molecule has 0 heterocycles. The Bertz CT molecular complexity index is 754. The van der Waals surface area contributed by atoms with E-state index < -0.39 is 6.36 Å². The second-order valence-electron chi connectivity index (χ2n) is 6.20. The number of hydrogen-bond donors (Lipinski definition) is 2. The molecule has 0 aliphatic heterocycles. The largest absolute Gasteiger partial charge is 0.573 e. The van der Waals surface area contributed by atoms with Crippen LogP contribution in [-0.4, -0.2) is 43.9 Å². The highest BCUT2D eigenvalue weighted by Crippen LogP contribution is 2.29. The van der Waals surface area contributed by atoms with Crippen LogP contribution in [-0.2, 0) is 6.42 Å². The molecule has 0 spiro atoms. The van der Waals surface area contributed by atoms with Gasteiger partial charge in [-0.2, -0.15) is 0 Å². The number of halogens is 4. The normalized spacial score (nSPS) is 13.0. The minimum atomic E-state index is -4.78. The van der Waals surface area contributed by atoms with Crippen LogP contribution in [0.2, 0.25) is 0 Å². The van der Waals surface area contributed by atoms with Crippen molar-refractivity contribution in [2.45, 2.75) is 18.8 Å². The number of alkyl halides is 3. The standard InChI is InChI=1S/C19H23F3N4O.HI/c1-26(2)15(12-14-8-4-3-5-9-14)13-24-18(23)25-16-10-6-7-11-17(16)27-19(20,21)22;/h3-11,15H,12-13H2,1-2H3,(H3,23,24,25);1H. The lowest BCUT2D eigenvalue weighted by atomic mass is 10.1. The number of guanidine groups is 1. The lowest BCUT2D eigenvalue weighted by Crippen LogP contribution is -2.34. The van der Waals surface area contributed by atoms with Gasteiger partial charge in [-0.05, 0) is 38.2 Å². The van der Waals surface area contributed by atoms with Crippen LogP contribution in [0.4, 0.5) is 18.9 Å². The second kappa shape index (κ2) is 11.1. The zero-order valence-corrected chi connectivity index (χ0v) is 17.9. The predicted octanol–water partition coefficient (Wildman–Crippen LogP) is 4.10. The molecule has 0 aromatic heterocycles. The van der Waals surface area contributed by atoms with Crippen molar-refractivity contribution in [3.63, 3.8) is 0 Å². The molecule has 1 unspecified atom stereocenters. The molecule has 28 heavy (non-hydrogen) atoms. The summed E-state index contributed by atoms with van der Waals surface area (Å²) in [6.07, 6.45) is -4.01. The van der Waals surface area contributed by atoms with Crippen molar-refractivity contribution >= 4 is 35.6 Å². The molecule has 1 atom stereocenters. The van der Waals surface area contributed by atoms with Crippen LogP contribution in [0.1, 0.15) is 5.56 Å². The van der Waals surface area contributed by atoms with Crippen molar-refractivity contribution in [3.8, 4) is 5.75 Å². The van der Waals surface area contributed by atoms with Gasteiger partial charge in [0.2, 0.25) is 0 Å². The van der Waals surface area contributed by atoms with Crippen molar-refractivity contribution in [2.75, 3.05) is 26.0 Å². The van der Waals surface area contributed by atoms with Gasteiger partial charge in [-0.3, -0.25) is 4.99 Å². The maximum atomic E-state index is 12.5. The fraction of sp³-hybridized carbons (Fsp3) is 0.316. The smallest absolute Gasteiger partial charge is 0.404 e. The third kappa shape index (κ3) is 8.34. The first-order valence-electron chi connectivity index (χ1n) is 8.36. The molecule has 2 aromatic rings. The first-order chi connectivity index (χ1) is 12.7. The van der Waals surface area contributed by atoms with Gasteiger partial charge in [0.15, 0.2) is 11.7 Å². The number of likely N-dealkylation sites (N-methyl/N-ethyl adjacent to an activating group) is 1. The van der Waals surface area contributed by atoms with E-state index in [1.807, 2.05) is 49.3 Å². The van der Waals surface area contributed by atoms with Gasteiger partial charge in [0.1, 0.15) is 0 Å². The molecule has 0 radical (unpaired) electrons. The molecule has 2 aromatic carbocycles. The lowest BCUT2D eigenvalue weighted by Gasteiger charge is -2.23. The summed E-state index contributed by atoms with van der Waals surface area (Å²) in [6, 6.07) is 15.7. The van der Waals surface area contributed by atoms with Gasteiger partial charge in [-0.25, -0.2) is 0 Å². The highest BCUT2D eigenvalue weighted by Gasteiger charge is 2.32. The van der Waals surface area contributed by atoms with Gasteiger partial charge in [0, 0.05) is 6.04 Å². The summed E-state index contributed by atoms with van der Waals surface area (Å²) < 4.78 is 41.5. The van der Waals surface area contributed by atoms with Gasteiger partial charge < -0.3 is 20.7 Å². The number of benzene rings is 2. The summed E-state index contributed by atoms with van der Waals surface area (Å²) in [5.41, 5.74) is 7.13. The third-order valence-corrected chi connectivity index (χ3v) is 3.89. The second-order valence-corrected chi connectivity index (χ2v) is 6.20. The number of anilines is 1. The Labute approximate surface area is 179 Å². The van der Waals surface area contributed by atoms with Crippen molar-refractivity contribution in [1.29, 1.82) is 0 Å². The van der Waals surface area contributed by atoms with E-state index in [2.05, 4.69) is 15.0 Å². The Morgan fingerprint density at radius 2 is 1.71 bits per heavy atom. The number of ether oxygens (including phenoxy) is 1. The number of hydrogen-bond acceptors (Lipinski definition) is 3. The van der Waals surface area contributed by atoms with Gasteiger partial charge in [-0.1, -0.05) is 42.5 Å². The van der Waals surface area contributed by atoms with Crippen LogP contribution in [0, 0.1) is 0 Å². The molecular weight excluding hydrogens is 484 g/mol. The van der Waals surface area contributed by atoms with E-state index in [4.69, 9.17) is 5.73 Å². The Morgan fingerprint density at radius 3 is 2.32 bits per heavy atom. The van der Waals surface area contributed by atoms with Crippen LogP contribution in [0.5, 0.6) is 5.75 Å². The van der Waals surface area contributed by atoms with Crippen LogP contribution in [0.25, 0.3) is 0 Å². The van der Waals surface area contributed by atoms with E-state index in [-0.39, 0.29) is 47.4 Å². The zero-order valence-electron chi connectivity index (χ0n) is 15.6. The van der Waals surface area contributed by atoms with E-state index in [1.54, 1.807) is 6.07 Å². The number of aliphatic imine (C=N–C) groups is 1. The molecule has 9 heteroatoms. The first-order valence-corrected chi connectivity index (χ1v) is 8.36. The van der Waals surface area contributed by atoms with E-state index in [9.17, 15) is 13.2 Å². The highest BCUT2D eigenvalue weighted by atomic mass is 127. The summed E-state index contributed by atoms with van der Waals surface area (Å²) in [5.74, 6) is -0.343. The molecular formula is C19H24F3IN4O. The molecule has 0 amide bonds. The molecule has 154 valence electrons. The molecule has 0 aliphatic rings. The lowest BCUT2D eigenvalue weighted by molar-refractivity contribution is -0.274. The summed E-state index contributed by atoms with van der Waals surface area (Å²) >= 11 is 0. The maximum absolute atomic E-state index is 12.5. The molecule has 0 bridgehead atoms. The number of nitrogens with two attached hydrogens (primary N) is 1.